The minimum Gasteiger partial charge on any atom is -0.490 e. The van der Waals surface area contributed by atoms with Crippen molar-refractivity contribution in [2.75, 3.05) is 47.9 Å². The minimum atomic E-state index is -0.772. The summed E-state index contributed by atoms with van der Waals surface area (Å²) in [4.78, 5) is 33.4. The van der Waals surface area contributed by atoms with Gasteiger partial charge < -0.3 is 29.7 Å². The molecule has 2 aromatic heterocycles. The van der Waals surface area contributed by atoms with Crippen molar-refractivity contribution in [2.24, 2.45) is 5.92 Å². The highest BCUT2D eigenvalue weighted by Crippen LogP contribution is 2.30. The number of nitrogens with one attached hydrogen (secondary N) is 1. The third kappa shape index (κ3) is 5.99. The van der Waals surface area contributed by atoms with E-state index in [1.54, 1.807) is 24.7 Å². The van der Waals surface area contributed by atoms with Gasteiger partial charge in [0.25, 0.3) is 0 Å². The van der Waals surface area contributed by atoms with E-state index >= 15 is 0 Å². The van der Waals surface area contributed by atoms with Crippen molar-refractivity contribution in [3.8, 4) is 11.5 Å². The summed E-state index contributed by atoms with van der Waals surface area (Å²) in [5.74, 6) is 2.71. The fraction of sp³-hybridized carbons (Fsp3) is 0.423. The van der Waals surface area contributed by atoms with E-state index in [4.69, 9.17) is 14.5 Å². The highest BCUT2D eigenvalue weighted by atomic mass is 16.5. The first-order valence-electron chi connectivity index (χ1n) is 12.6. The number of aliphatic carboxylic acids is 1. The number of nitrogens with zero attached hydrogens (tertiary/aromatic N) is 6. The number of carbonyl (C=O) groups is 1. The number of hydrogen-bond acceptors (Lipinski definition) is 10. The van der Waals surface area contributed by atoms with Gasteiger partial charge in [0.05, 0.1) is 31.5 Å². The van der Waals surface area contributed by atoms with Gasteiger partial charge in [-0.05, 0) is 44.4 Å². The molecule has 11 nitrogen and oxygen atoms in total. The van der Waals surface area contributed by atoms with Gasteiger partial charge in [-0.25, -0.2) is 9.97 Å². The van der Waals surface area contributed by atoms with Crippen LogP contribution in [0.5, 0.6) is 11.5 Å². The normalized spacial score (nSPS) is 19.5. The molecular weight excluding hydrogens is 474 g/mol. The fourth-order valence-corrected chi connectivity index (χ4v) is 4.68. The Kier molecular flexibility index (Phi) is 7.48. The quantitative estimate of drug-likeness (QED) is 0.444. The molecule has 3 aromatic rings. The number of piperidine rings is 1. The molecule has 2 saturated heterocycles. The molecule has 2 aliphatic heterocycles. The van der Waals surface area contributed by atoms with Gasteiger partial charge in [-0.3, -0.25) is 9.78 Å². The smallest absolute Gasteiger partial charge is 0.308 e. The highest BCUT2D eigenvalue weighted by Gasteiger charge is 2.29. The van der Waals surface area contributed by atoms with Crippen LogP contribution in [0.25, 0.3) is 0 Å². The van der Waals surface area contributed by atoms with Crippen LogP contribution in [0.4, 0.5) is 23.4 Å². The Labute approximate surface area is 215 Å². The Morgan fingerprint density at radius 3 is 2.70 bits per heavy atom. The standard InChI is InChI=1S/C26H31N7O4/c1-2-36-20-7-3-4-8-21(20)37-19-6-5-12-32(17-19)24-15-27-14-22(29-24)30-26-28-11-9-23(31-26)33-13-10-18(16-33)25(34)35/h3-4,7-9,11,14-15,18-19H,2,5-6,10,12-13,16-17H2,1H3,(H,34,35)(H,28,29,30,31)/t18?,19-/m1/s1. The van der Waals surface area contributed by atoms with Crippen LogP contribution in [-0.2, 0) is 4.79 Å². The van der Waals surface area contributed by atoms with Crippen LogP contribution in [0.3, 0.4) is 0 Å². The molecule has 0 aliphatic carbocycles. The van der Waals surface area contributed by atoms with Gasteiger partial charge in [0.15, 0.2) is 17.3 Å². The molecule has 4 heterocycles. The second kappa shape index (κ2) is 11.3. The Morgan fingerprint density at radius 1 is 1.05 bits per heavy atom. The molecule has 5 rings (SSSR count). The van der Waals surface area contributed by atoms with Crippen LogP contribution in [0.2, 0.25) is 0 Å². The van der Waals surface area contributed by atoms with E-state index in [-0.39, 0.29) is 12.0 Å². The molecule has 2 fully saturated rings. The molecule has 0 spiro atoms. The molecule has 2 atom stereocenters. The number of benzene rings is 1. The zero-order chi connectivity index (χ0) is 25.6. The molecule has 1 unspecified atom stereocenters. The van der Waals surface area contributed by atoms with Crippen LogP contribution < -0.4 is 24.6 Å². The number of hydrogen-bond donors (Lipinski definition) is 2. The number of carboxylic acids is 1. The molecule has 194 valence electrons. The van der Waals surface area contributed by atoms with Crippen LogP contribution >= 0.6 is 0 Å². The molecule has 1 aromatic carbocycles. The predicted molar refractivity (Wildman–Crippen MR) is 139 cm³/mol. The van der Waals surface area contributed by atoms with Crippen molar-refractivity contribution in [1.82, 2.24) is 19.9 Å². The molecule has 2 N–H and O–H groups in total. The van der Waals surface area contributed by atoms with Gasteiger partial charge in [0, 0.05) is 25.8 Å². The average Bonchev–Trinajstić information content (AvgIpc) is 3.42. The van der Waals surface area contributed by atoms with Crippen LogP contribution in [0.1, 0.15) is 26.2 Å². The van der Waals surface area contributed by atoms with Crippen LogP contribution in [0, 0.1) is 5.92 Å². The number of para-hydroxylation sites is 2. The summed E-state index contributed by atoms with van der Waals surface area (Å²) in [5, 5.41) is 12.4. The highest BCUT2D eigenvalue weighted by molar-refractivity contribution is 5.72. The van der Waals surface area contributed by atoms with Gasteiger partial charge in [0.2, 0.25) is 5.95 Å². The average molecular weight is 506 g/mol. The van der Waals surface area contributed by atoms with E-state index in [0.717, 1.165) is 36.7 Å². The molecule has 0 radical (unpaired) electrons. The first-order chi connectivity index (χ1) is 18.1. The lowest BCUT2D eigenvalue weighted by Crippen LogP contribution is -2.41. The van der Waals surface area contributed by atoms with E-state index in [1.807, 2.05) is 36.1 Å². The number of carboxylic acid groups (broad SMARTS) is 1. The third-order valence-electron chi connectivity index (χ3n) is 6.51. The Balaban J connectivity index is 1.24. The van der Waals surface area contributed by atoms with Gasteiger partial charge in [-0.2, -0.15) is 4.98 Å². The van der Waals surface area contributed by atoms with E-state index in [9.17, 15) is 9.90 Å². The van der Waals surface area contributed by atoms with Crippen molar-refractivity contribution >= 4 is 29.4 Å². The summed E-state index contributed by atoms with van der Waals surface area (Å²) >= 11 is 0. The predicted octanol–water partition coefficient (Wildman–Crippen LogP) is 3.37. The summed E-state index contributed by atoms with van der Waals surface area (Å²) in [5.41, 5.74) is 0. The molecule has 0 saturated carbocycles. The maximum Gasteiger partial charge on any atom is 0.308 e. The molecule has 0 amide bonds. The third-order valence-corrected chi connectivity index (χ3v) is 6.51. The Morgan fingerprint density at radius 2 is 1.89 bits per heavy atom. The minimum absolute atomic E-state index is 0.00359. The van der Waals surface area contributed by atoms with Gasteiger partial charge in [-0.1, -0.05) is 12.1 Å². The summed E-state index contributed by atoms with van der Waals surface area (Å²) < 4.78 is 12.0. The zero-order valence-corrected chi connectivity index (χ0v) is 20.8. The maximum atomic E-state index is 11.3. The van der Waals surface area contributed by atoms with E-state index in [1.165, 1.54) is 0 Å². The maximum absolute atomic E-state index is 11.3. The lowest BCUT2D eigenvalue weighted by Gasteiger charge is -2.33. The van der Waals surface area contributed by atoms with Crippen LogP contribution in [0.15, 0.2) is 48.9 Å². The first kappa shape index (κ1) is 24.5. The second-order valence-electron chi connectivity index (χ2n) is 9.10. The molecule has 2 aliphatic rings. The van der Waals surface area contributed by atoms with Crippen molar-refractivity contribution in [2.45, 2.75) is 32.3 Å². The number of aromatic nitrogens is 4. The topological polar surface area (TPSA) is 126 Å². The summed E-state index contributed by atoms with van der Waals surface area (Å²) in [6.45, 7) is 5.17. The van der Waals surface area contributed by atoms with E-state index in [0.29, 0.717) is 50.2 Å². The van der Waals surface area contributed by atoms with E-state index < -0.39 is 5.97 Å². The SMILES string of the molecule is CCOc1ccccc1O[C@@H]1CCCN(c2cncc(Nc3nccc(N4CCC(C(=O)O)C4)n3)n2)C1. The second-order valence-corrected chi connectivity index (χ2v) is 9.10. The number of anilines is 4. The lowest BCUT2D eigenvalue weighted by atomic mass is 10.1. The monoisotopic (exact) mass is 505 g/mol. The van der Waals surface area contributed by atoms with E-state index in [2.05, 4.69) is 25.2 Å². The molecule has 0 bridgehead atoms. The summed E-state index contributed by atoms with van der Waals surface area (Å²) in [7, 11) is 0. The van der Waals surface area contributed by atoms with Gasteiger partial charge in [0.1, 0.15) is 17.7 Å². The van der Waals surface area contributed by atoms with Gasteiger partial charge >= 0.3 is 5.97 Å². The van der Waals surface area contributed by atoms with Crippen molar-refractivity contribution in [3.63, 3.8) is 0 Å². The largest absolute Gasteiger partial charge is 0.490 e. The first-order valence-corrected chi connectivity index (χ1v) is 12.6. The zero-order valence-electron chi connectivity index (χ0n) is 20.8. The fourth-order valence-electron chi connectivity index (χ4n) is 4.68. The van der Waals surface area contributed by atoms with Crippen LogP contribution in [-0.4, -0.2) is 69.9 Å². The van der Waals surface area contributed by atoms with Crippen molar-refractivity contribution in [1.29, 1.82) is 0 Å². The number of ether oxygens (including phenoxy) is 2. The van der Waals surface area contributed by atoms with Crippen molar-refractivity contribution < 1.29 is 19.4 Å². The Bertz CT molecular complexity index is 1230. The molecular formula is C26H31N7O4. The lowest BCUT2D eigenvalue weighted by molar-refractivity contribution is -0.140. The molecule has 37 heavy (non-hydrogen) atoms. The summed E-state index contributed by atoms with van der Waals surface area (Å²) in [6.07, 6.45) is 7.56. The van der Waals surface area contributed by atoms with Crippen molar-refractivity contribution in [3.05, 3.63) is 48.9 Å². The summed E-state index contributed by atoms with van der Waals surface area (Å²) in [6, 6.07) is 9.54. The van der Waals surface area contributed by atoms with Gasteiger partial charge in [-0.15, -0.1) is 0 Å². The molecule has 11 heteroatoms. The number of rotatable bonds is 9. The Hall–Kier alpha value is -4.15.